The molecule has 0 amide bonds. The maximum Gasteiger partial charge on any atom is 0.339 e. The number of aromatic nitrogens is 2. The molecule has 0 saturated heterocycles. The lowest BCUT2D eigenvalue weighted by molar-refractivity contribution is 0.0696. The number of H-pyrrole nitrogens is 1. The van der Waals surface area contributed by atoms with Crippen LogP contribution >= 0.6 is 0 Å². The molecular weight excluding hydrogens is 216 g/mol. The van der Waals surface area contributed by atoms with E-state index in [9.17, 15) is 4.79 Å². The van der Waals surface area contributed by atoms with Crippen molar-refractivity contribution in [1.29, 1.82) is 0 Å². The molecule has 2 N–H and O–H groups in total. The Bertz CT molecular complexity index is 556. The van der Waals surface area contributed by atoms with Gasteiger partial charge < -0.3 is 5.11 Å². The fourth-order valence-corrected chi connectivity index (χ4v) is 1.62. The molecule has 1 aromatic heterocycles. The van der Waals surface area contributed by atoms with E-state index >= 15 is 0 Å². The van der Waals surface area contributed by atoms with E-state index in [0.717, 1.165) is 11.1 Å². The third-order valence-corrected chi connectivity index (χ3v) is 2.45. The summed E-state index contributed by atoms with van der Waals surface area (Å²) in [4.78, 5) is 11.0. The normalized spacial score (nSPS) is 11.5. The molecule has 2 rings (SSSR count). The lowest BCUT2D eigenvalue weighted by Crippen LogP contribution is -1.98. The van der Waals surface area contributed by atoms with Gasteiger partial charge in [-0.15, -0.1) is 0 Å². The summed E-state index contributed by atoms with van der Waals surface area (Å²) in [5.41, 5.74) is 2.60. The highest BCUT2D eigenvalue weighted by molar-refractivity contribution is 5.95. The number of carboxylic acids is 1. The van der Waals surface area contributed by atoms with Crippen molar-refractivity contribution in [3.63, 3.8) is 0 Å². The molecule has 4 heteroatoms. The highest BCUT2D eigenvalue weighted by Gasteiger charge is 2.13. The summed E-state index contributed by atoms with van der Waals surface area (Å²) < 4.78 is 0. The van der Waals surface area contributed by atoms with Crippen molar-refractivity contribution in [2.45, 2.75) is 6.92 Å². The predicted molar refractivity (Wildman–Crippen MR) is 65.5 cm³/mol. The van der Waals surface area contributed by atoms with Crippen LogP contribution in [0.15, 0.2) is 36.5 Å². The third kappa shape index (κ3) is 2.42. The molecular formula is C13H12N2O2. The van der Waals surface area contributed by atoms with E-state index in [0.29, 0.717) is 5.69 Å². The van der Waals surface area contributed by atoms with E-state index in [2.05, 4.69) is 10.2 Å². The minimum Gasteiger partial charge on any atom is -0.478 e. The fourth-order valence-electron chi connectivity index (χ4n) is 1.62. The molecule has 0 atom stereocenters. The summed E-state index contributed by atoms with van der Waals surface area (Å²) in [6.07, 6.45) is 3.24. The van der Waals surface area contributed by atoms with Crippen LogP contribution < -0.4 is 0 Å². The molecule has 1 aromatic carbocycles. The minimum absolute atomic E-state index is 0.190. The summed E-state index contributed by atoms with van der Waals surface area (Å²) >= 11 is 0. The van der Waals surface area contributed by atoms with Crippen molar-refractivity contribution in [3.8, 4) is 0 Å². The smallest absolute Gasteiger partial charge is 0.339 e. The maximum atomic E-state index is 11.0. The van der Waals surface area contributed by atoms with Gasteiger partial charge in [-0.25, -0.2) is 4.79 Å². The van der Waals surface area contributed by atoms with E-state index in [1.165, 1.54) is 6.20 Å². The summed E-state index contributed by atoms with van der Waals surface area (Å²) in [5, 5.41) is 15.4. The molecule has 1 heterocycles. The van der Waals surface area contributed by atoms with Gasteiger partial charge in [0.15, 0.2) is 0 Å². The molecule has 0 spiro atoms. The Balaban J connectivity index is 2.37. The molecule has 17 heavy (non-hydrogen) atoms. The van der Waals surface area contributed by atoms with Gasteiger partial charge in [-0.05, 0) is 24.1 Å². The second-order valence-electron chi connectivity index (χ2n) is 3.70. The number of nitrogens with one attached hydrogen (secondary N) is 1. The first-order chi connectivity index (χ1) is 8.18. The zero-order chi connectivity index (χ0) is 12.3. The van der Waals surface area contributed by atoms with Crippen LogP contribution in [0.3, 0.4) is 0 Å². The Morgan fingerprint density at radius 1 is 1.35 bits per heavy atom. The van der Waals surface area contributed by atoms with Gasteiger partial charge in [-0.2, -0.15) is 5.10 Å². The van der Waals surface area contributed by atoms with Crippen LogP contribution in [0.25, 0.3) is 11.6 Å². The van der Waals surface area contributed by atoms with Crippen LogP contribution in [0.1, 0.15) is 28.5 Å². The van der Waals surface area contributed by atoms with E-state index in [4.69, 9.17) is 5.11 Å². The number of hydrogen-bond donors (Lipinski definition) is 2. The molecule has 4 nitrogen and oxygen atoms in total. The zero-order valence-electron chi connectivity index (χ0n) is 9.34. The Morgan fingerprint density at radius 2 is 2.06 bits per heavy atom. The lowest BCUT2D eigenvalue weighted by atomic mass is 10.1. The molecule has 0 aliphatic rings. The van der Waals surface area contributed by atoms with Crippen molar-refractivity contribution < 1.29 is 9.90 Å². The molecule has 0 aliphatic heterocycles. The number of carboxylic acid groups (broad SMARTS) is 1. The average Bonchev–Trinajstić information content (AvgIpc) is 2.79. The summed E-state index contributed by atoms with van der Waals surface area (Å²) in [5.74, 6) is -0.977. The van der Waals surface area contributed by atoms with E-state index in [1.807, 2.05) is 43.3 Å². The first-order valence-corrected chi connectivity index (χ1v) is 5.19. The van der Waals surface area contributed by atoms with Crippen molar-refractivity contribution in [3.05, 3.63) is 53.3 Å². The SMILES string of the molecule is C/C(=C\c1ccccc1)c1[nH]ncc1C(=O)O. The van der Waals surface area contributed by atoms with Crippen LogP contribution in [-0.2, 0) is 0 Å². The number of hydrogen-bond acceptors (Lipinski definition) is 2. The maximum absolute atomic E-state index is 11.0. The second-order valence-corrected chi connectivity index (χ2v) is 3.70. The van der Waals surface area contributed by atoms with Crippen LogP contribution in [0, 0.1) is 0 Å². The zero-order valence-corrected chi connectivity index (χ0v) is 9.34. The van der Waals surface area contributed by atoms with Crippen molar-refractivity contribution in [1.82, 2.24) is 10.2 Å². The van der Waals surface area contributed by atoms with Crippen LogP contribution in [-0.4, -0.2) is 21.3 Å². The van der Waals surface area contributed by atoms with Gasteiger partial charge in [-0.3, -0.25) is 5.10 Å². The van der Waals surface area contributed by atoms with Gasteiger partial charge in [0.25, 0.3) is 0 Å². The molecule has 0 aliphatic carbocycles. The van der Waals surface area contributed by atoms with E-state index < -0.39 is 5.97 Å². The lowest BCUT2D eigenvalue weighted by Gasteiger charge is -2.00. The number of benzene rings is 1. The minimum atomic E-state index is -0.977. The first-order valence-electron chi connectivity index (χ1n) is 5.19. The standard InChI is InChI=1S/C13H12N2O2/c1-9(7-10-5-3-2-4-6-10)12-11(13(16)17)8-14-15-12/h2-8H,1H3,(H,14,15)(H,16,17)/b9-7+. The van der Waals surface area contributed by atoms with Crippen molar-refractivity contribution in [2.75, 3.05) is 0 Å². The Kier molecular flexibility index (Phi) is 3.05. The van der Waals surface area contributed by atoms with Crippen molar-refractivity contribution >= 4 is 17.6 Å². The van der Waals surface area contributed by atoms with Gasteiger partial charge in [0.05, 0.1) is 11.9 Å². The van der Waals surface area contributed by atoms with E-state index in [-0.39, 0.29) is 5.56 Å². The number of rotatable bonds is 3. The number of nitrogens with zero attached hydrogens (tertiary/aromatic N) is 1. The average molecular weight is 228 g/mol. The van der Waals surface area contributed by atoms with Gasteiger partial charge in [0, 0.05) is 0 Å². The first kappa shape index (κ1) is 11.1. The van der Waals surface area contributed by atoms with Gasteiger partial charge in [0.2, 0.25) is 0 Å². The summed E-state index contributed by atoms with van der Waals surface area (Å²) in [6, 6.07) is 9.72. The van der Waals surface area contributed by atoms with Gasteiger partial charge in [-0.1, -0.05) is 30.3 Å². The summed E-state index contributed by atoms with van der Waals surface area (Å²) in [6.45, 7) is 1.85. The molecule has 0 fully saturated rings. The monoisotopic (exact) mass is 228 g/mol. The molecule has 86 valence electrons. The largest absolute Gasteiger partial charge is 0.478 e. The number of carbonyl (C=O) groups is 1. The number of allylic oxidation sites excluding steroid dienone is 1. The molecule has 0 bridgehead atoms. The molecule has 0 saturated carbocycles. The highest BCUT2D eigenvalue weighted by Crippen LogP contribution is 2.18. The van der Waals surface area contributed by atoms with E-state index in [1.54, 1.807) is 0 Å². The third-order valence-electron chi connectivity index (χ3n) is 2.45. The highest BCUT2D eigenvalue weighted by atomic mass is 16.4. The van der Waals surface area contributed by atoms with Crippen LogP contribution in [0.2, 0.25) is 0 Å². The fraction of sp³-hybridized carbons (Fsp3) is 0.0769. The molecule has 0 unspecified atom stereocenters. The topological polar surface area (TPSA) is 66.0 Å². The summed E-state index contributed by atoms with van der Waals surface area (Å²) in [7, 11) is 0. The number of aromatic amines is 1. The second kappa shape index (κ2) is 4.65. The molecule has 0 radical (unpaired) electrons. The molecule has 2 aromatic rings. The number of aromatic carboxylic acids is 1. The Hall–Kier alpha value is -2.36. The van der Waals surface area contributed by atoms with Gasteiger partial charge in [0.1, 0.15) is 5.56 Å². The van der Waals surface area contributed by atoms with Crippen LogP contribution in [0.5, 0.6) is 0 Å². The Morgan fingerprint density at radius 3 is 2.71 bits per heavy atom. The Labute approximate surface area is 98.6 Å². The quantitative estimate of drug-likeness (QED) is 0.848. The van der Waals surface area contributed by atoms with Crippen LogP contribution in [0.4, 0.5) is 0 Å². The van der Waals surface area contributed by atoms with Gasteiger partial charge >= 0.3 is 5.97 Å². The van der Waals surface area contributed by atoms with Crippen molar-refractivity contribution in [2.24, 2.45) is 0 Å². The predicted octanol–water partition coefficient (Wildman–Crippen LogP) is 2.67.